The summed E-state index contributed by atoms with van der Waals surface area (Å²) in [7, 11) is -7.41. The molecule has 0 radical (unpaired) electrons. The van der Waals surface area contributed by atoms with Gasteiger partial charge in [-0.1, -0.05) is 5.16 Å². The molecule has 0 spiro atoms. The van der Waals surface area contributed by atoms with Crippen molar-refractivity contribution in [2.75, 3.05) is 16.2 Å². The Morgan fingerprint density at radius 3 is 1.66 bits per heavy atom. The molecule has 1 heterocycles. The molecule has 1 amide bonds. The van der Waals surface area contributed by atoms with Gasteiger partial charge in [-0.3, -0.25) is 4.79 Å². The molecule has 0 saturated carbocycles. The maximum atomic E-state index is 12.0. The number of benzene rings is 2. The van der Waals surface area contributed by atoms with Crippen LogP contribution < -0.4 is 20.9 Å². The van der Waals surface area contributed by atoms with Gasteiger partial charge >= 0.3 is 0 Å². The highest BCUT2D eigenvalue weighted by atomic mass is 32.2. The Hall–Kier alpha value is -3.58. The van der Waals surface area contributed by atoms with Gasteiger partial charge in [-0.2, -0.15) is 0 Å². The molecule has 0 aliphatic rings. The van der Waals surface area contributed by atoms with Gasteiger partial charge < -0.3 is 16.0 Å². The second kappa shape index (κ2) is 9.70. The van der Waals surface area contributed by atoms with Crippen molar-refractivity contribution in [3.8, 4) is 0 Å². The SMILES string of the molecule is CC(=O)NS(=O)(=O)c1ccc(N)cc1.Cc1noc(NS(=O)(=O)c2ccc(N)cc2)c1C. The molecule has 1 aromatic heterocycles. The van der Waals surface area contributed by atoms with Gasteiger partial charge in [-0.25, -0.2) is 26.3 Å². The normalized spacial score (nSPS) is 11.2. The van der Waals surface area contributed by atoms with Crippen molar-refractivity contribution in [3.63, 3.8) is 0 Å². The predicted molar refractivity (Wildman–Crippen MR) is 119 cm³/mol. The number of rotatable bonds is 5. The quantitative estimate of drug-likeness (QED) is 0.394. The van der Waals surface area contributed by atoms with E-state index < -0.39 is 26.0 Å². The van der Waals surface area contributed by atoms with E-state index >= 15 is 0 Å². The highest BCUT2D eigenvalue weighted by Gasteiger charge is 2.19. The first-order valence-corrected chi connectivity index (χ1v) is 12.0. The summed E-state index contributed by atoms with van der Waals surface area (Å²) in [6, 6.07) is 11.5. The van der Waals surface area contributed by atoms with Crippen molar-refractivity contribution in [1.29, 1.82) is 0 Å². The summed E-state index contributed by atoms with van der Waals surface area (Å²) in [4.78, 5) is 10.7. The lowest BCUT2D eigenvalue weighted by atomic mass is 10.3. The van der Waals surface area contributed by atoms with Gasteiger partial charge in [0.25, 0.3) is 20.0 Å². The van der Waals surface area contributed by atoms with E-state index in [0.29, 0.717) is 22.6 Å². The molecule has 11 nitrogen and oxygen atoms in total. The molecular formula is C19H23N5O6S2. The standard InChI is InChI=1S/C11H13N3O3S.C8H10N2O3S/c1-7-8(2)13-17-11(7)14-18(15,16)10-5-3-9(12)4-6-10;1-6(11)10-14(12,13)8-4-2-7(9)3-5-8/h3-6,14H,12H2,1-2H3;2-5H,9H2,1H3,(H,10,11). The van der Waals surface area contributed by atoms with Crippen molar-refractivity contribution in [3.05, 3.63) is 59.8 Å². The maximum absolute atomic E-state index is 12.0. The largest absolute Gasteiger partial charge is 0.399 e. The second-order valence-corrected chi connectivity index (χ2v) is 9.99. The summed E-state index contributed by atoms with van der Waals surface area (Å²) in [5.41, 5.74) is 13.2. The van der Waals surface area contributed by atoms with Gasteiger partial charge in [-0.05, 0) is 62.4 Å². The minimum Gasteiger partial charge on any atom is -0.399 e. The van der Waals surface area contributed by atoms with Crippen LogP contribution in [0.5, 0.6) is 0 Å². The number of aryl methyl sites for hydroxylation is 1. The molecule has 0 atom stereocenters. The molecule has 13 heteroatoms. The van der Waals surface area contributed by atoms with E-state index in [0.717, 1.165) is 6.92 Å². The number of nitrogen functional groups attached to an aromatic ring is 2. The number of aromatic nitrogens is 1. The number of anilines is 3. The van der Waals surface area contributed by atoms with E-state index in [4.69, 9.17) is 16.0 Å². The molecule has 0 saturated heterocycles. The number of hydrogen-bond acceptors (Lipinski definition) is 9. The number of nitrogens with two attached hydrogens (primary N) is 2. The lowest BCUT2D eigenvalue weighted by molar-refractivity contribution is -0.117. The zero-order valence-electron chi connectivity index (χ0n) is 17.5. The van der Waals surface area contributed by atoms with Crippen LogP contribution in [0, 0.1) is 13.8 Å². The van der Waals surface area contributed by atoms with Gasteiger partial charge in [-0.15, -0.1) is 0 Å². The molecule has 0 unspecified atom stereocenters. The number of carbonyl (C=O) groups excluding carboxylic acids is 1. The number of nitrogens with zero attached hydrogens (tertiary/aromatic N) is 1. The van der Waals surface area contributed by atoms with Crippen LogP contribution in [0.4, 0.5) is 17.3 Å². The van der Waals surface area contributed by atoms with Gasteiger partial charge in [0.15, 0.2) is 0 Å². The molecule has 0 aliphatic carbocycles. The average Bonchev–Trinajstić information content (AvgIpc) is 3.00. The Morgan fingerprint density at radius 2 is 1.28 bits per heavy atom. The van der Waals surface area contributed by atoms with Crippen LogP contribution in [0.2, 0.25) is 0 Å². The van der Waals surface area contributed by atoms with E-state index in [1.54, 1.807) is 13.8 Å². The topological polar surface area (TPSA) is 187 Å². The third-order valence-electron chi connectivity index (χ3n) is 4.04. The summed E-state index contributed by atoms with van der Waals surface area (Å²) in [5.74, 6) is -0.494. The lowest BCUT2D eigenvalue weighted by Gasteiger charge is -2.05. The first-order valence-electron chi connectivity index (χ1n) is 9.02. The molecule has 2 aromatic carbocycles. The van der Waals surface area contributed by atoms with Gasteiger partial charge in [0.2, 0.25) is 11.8 Å². The fraction of sp³-hybridized carbons (Fsp3) is 0.158. The number of sulfonamides is 2. The fourth-order valence-electron chi connectivity index (χ4n) is 2.23. The summed E-state index contributed by atoms with van der Waals surface area (Å²) >= 11 is 0. The van der Waals surface area contributed by atoms with E-state index in [9.17, 15) is 21.6 Å². The van der Waals surface area contributed by atoms with E-state index in [-0.39, 0.29) is 15.7 Å². The number of carbonyl (C=O) groups is 1. The minimum atomic E-state index is -3.73. The van der Waals surface area contributed by atoms with Crippen LogP contribution in [0.25, 0.3) is 0 Å². The van der Waals surface area contributed by atoms with Gasteiger partial charge in [0.05, 0.1) is 15.5 Å². The summed E-state index contributed by atoms with van der Waals surface area (Å²) in [6.45, 7) is 4.60. The van der Waals surface area contributed by atoms with E-state index in [1.165, 1.54) is 48.5 Å². The van der Waals surface area contributed by atoms with Crippen LogP contribution >= 0.6 is 0 Å². The molecule has 172 valence electrons. The van der Waals surface area contributed by atoms with Gasteiger partial charge in [0, 0.05) is 23.9 Å². The van der Waals surface area contributed by atoms with Gasteiger partial charge in [0.1, 0.15) is 0 Å². The third kappa shape index (κ3) is 6.46. The molecule has 6 N–H and O–H groups in total. The van der Waals surface area contributed by atoms with Crippen molar-refractivity contribution in [2.45, 2.75) is 30.6 Å². The van der Waals surface area contributed by atoms with Crippen LogP contribution in [0.3, 0.4) is 0 Å². The monoisotopic (exact) mass is 481 g/mol. The Bertz CT molecular complexity index is 1300. The van der Waals surface area contributed by atoms with Crippen molar-refractivity contribution < 1.29 is 26.2 Å². The molecule has 0 aliphatic heterocycles. The predicted octanol–water partition coefficient (Wildman–Crippen LogP) is 1.77. The second-order valence-electron chi connectivity index (χ2n) is 6.63. The van der Waals surface area contributed by atoms with Crippen molar-refractivity contribution in [1.82, 2.24) is 9.88 Å². The third-order valence-corrected chi connectivity index (χ3v) is 6.84. The molecule has 3 aromatic rings. The Balaban J connectivity index is 0.000000235. The first kappa shape index (κ1) is 24.7. The molecule has 32 heavy (non-hydrogen) atoms. The zero-order valence-corrected chi connectivity index (χ0v) is 19.1. The lowest BCUT2D eigenvalue weighted by Crippen LogP contribution is -2.28. The number of nitrogens with one attached hydrogen (secondary N) is 2. The summed E-state index contributed by atoms with van der Waals surface area (Å²) in [6.07, 6.45) is 0. The maximum Gasteiger partial charge on any atom is 0.264 e. The average molecular weight is 482 g/mol. The minimum absolute atomic E-state index is 0.0156. The van der Waals surface area contributed by atoms with E-state index in [2.05, 4.69) is 9.88 Å². The Labute approximate surface area is 185 Å². The summed E-state index contributed by atoms with van der Waals surface area (Å²) < 4.78 is 55.9. The van der Waals surface area contributed by atoms with Crippen molar-refractivity contribution in [2.24, 2.45) is 0 Å². The highest BCUT2D eigenvalue weighted by molar-refractivity contribution is 7.92. The van der Waals surface area contributed by atoms with Crippen LogP contribution in [-0.2, 0) is 24.8 Å². The molecule has 0 bridgehead atoms. The van der Waals surface area contributed by atoms with Crippen LogP contribution in [0.15, 0.2) is 62.8 Å². The van der Waals surface area contributed by atoms with E-state index in [1.807, 2.05) is 4.72 Å². The van der Waals surface area contributed by atoms with Crippen molar-refractivity contribution >= 4 is 43.2 Å². The summed E-state index contributed by atoms with van der Waals surface area (Å²) in [5, 5.41) is 3.69. The number of amides is 1. The number of hydrogen-bond donors (Lipinski definition) is 4. The van der Waals surface area contributed by atoms with Crippen LogP contribution in [0.1, 0.15) is 18.2 Å². The Morgan fingerprint density at radius 1 is 0.844 bits per heavy atom. The fourth-order valence-corrected chi connectivity index (χ4v) is 4.27. The van der Waals surface area contributed by atoms with Crippen LogP contribution in [-0.4, -0.2) is 27.9 Å². The Kier molecular flexibility index (Phi) is 7.48. The smallest absolute Gasteiger partial charge is 0.264 e. The zero-order chi connectivity index (χ0) is 24.1. The molecular weight excluding hydrogens is 458 g/mol. The highest BCUT2D eigenvalue weighted by Crippen LogP contribution is 2.22. The molecule has 3 rings (SSSR count). The first-order chi connectivity index (χ1) is 14.8. The molecule has 0 fully saturated rings.